The minimum atomic E-state index is -1.18. The van der Waals surface area contributed by atoms with Gasteiger partial charge in [-0.05, 0) is 56.7 Å². The van der Waals surface area contributed by atoms with E-state index in [0.29, 0.717) is 22.4 Å². The Morgan fingerprint density at radius 3 is 2.56 bits per heavy atom. The predicted molar refractivity (Wildman–Crippen MR) is 147 cm³/mol. The minimum absolute atomic E-state index is 0.00735. The van der Waals surface area contributed by atoms with Crippen LogP contribution in [0.15, 0.2) is 53.1 Å². The third-order valence-corrected chi connectivity index (χ3v) is 7.38. The summed E-state index contributed by atoms with van der Waals surface area (Å²) in [6, 6.07) is 10.6. The van der Waals surface area contributed by atoms with Crippen LogP contribution in [0.4, 0.5) is 5.69 Å². The summed E-state index contributed by atoms with van der Waals surface area (Å²) in [6.45, 7) is 3.04. The first-order valence-corrected chi connectivity index (χ1v) is 13.3. The highest BCUT2D eigenvalue weighted by molar-refractivity contribution is 6.30. The SMILES string of the molecule is COC(=O)C(C)(C)CN1C(=O)CCC(N2C(=O)c3cccc(NCc4cnc(-c5ccc(Cl)cc5)o4)c3C2=O)C1=O. The maximum atomic E-state index is 13.6. The van der Waals surface area contributed by atoms with Gasteiger partial charge >= 0.3 is 5.97 Å². The molecule has 11 nitrogen and oxygen atoms in total. The summed E-state index contributed by atoms with van der Waals surface area (Å²) in [5.41, 5.74) is 0.231. The second-order valence-corrected chi connectivity index (χ2v) is 10.9. The largest absolute Gasteiger partial charge is 0.469 e. The number of anilines is 1. The van der Waals surface area contributed by atoms with Crippen LogP contribution >= 0.6 is 11.6 Å². The van der Waals surface area contributed by atoms with Gasteiger partial charge in [0.25, 0.3) is 17.7 Å². The van der Waals surface area contributed by atoms with Gasteiger partial charge in [-0.2, -0.15) is 0 Å². The number of imide groups is 2. The van der Waals surface area contributed by atoms with Gasteiger partial charge < -0.3 is 14.5 Å². The smallest absolute Gasteiger partial charge is 0.313 e. The van der Waals surface area contributed by atoms with E-state index < -0.39 is 41.1 Å². The molecular formula is C29H27ClN4O7. The summed E-state index contributed by atoms with van der Waals surface area (Å²) in [7, 11) is 1.22. The van der Waals surface area contributed by atoms with Crippen molar-refractivity contribution in [3.8, 4) is 11.5 Å². The molecule has 0 radical (unpaired) electrons. The van der Waals surface area contributed by atoms with Crippen molar-refractivity contribution in [1.29, 1.82) is 0 Å². The number of rotatable bonds is 8. The molecule has 1 N–H and O–H groups in total. The number of fused-ring (bicyclic) bond motifs is 1. The normalized spacial score (nSPS) is 17.2. The highest BCUT2D eigenvalue weighted by atomic mass is 35.5. The average Bonchev–Trinajstić information content (AvgIpc) is 3.53. The maximum absolute atomic E-state index is 13.6. The maximum Gasteiger partial charge on any atom is 0.313 e. The van der Waals surface area contributed by atoms with Crippen LogP contribution in [0.5, 0.6) is 0 Å². The number of amides is 4. The van der Waals surface area contributed by atoms with Crippen molar-refractivity contribution in [1.82, 2.24) is 14.8 Å². The standard InChI is InChI=1S/C29H27ClN4O7/c1-29(2,28(39)40-3)15-33-22(35)12-11-21(26(33)37)34-25(36)19-5-4-6-20(23(19)27(34)38)31-13-18-14-32-24(41-18)16-7-9-17(30)10-8-16/h4-10,14,21,31H,11-13,15H2,1-3H3. The zero-order valence-corrected chi connectivity index (χ0v) is 23.4. The summed E-state index contributed by atoms with van der Waals surface area (Å²) in [4.78, 5) is 71.4. The van der Waals surface area contributed by atoms with Crippen molar-refractivity contribution >= 4 is 46.9 Å². The van der Waals surface area contributed by atoms with Crippen LogP contribution in [0.25, 0.3) is 11.5 Å². The summed E-state index contributed by atoms with van der Waals surface area (Å²) in [5.74, 6) is -2.16. The van der Waals surface area contributed by atoms with Gasteiger partial charge in [0.05, 0.1) is 36.4 Å². The molecule has 1 saturated heterocycles. The number of likely N-dealkylation sites (tertiary alicyclic amines) is 1. The molecule has 0 bridgehead atoms. The number of nitrogens with one attached hydrogen (secondary N) is 1. The molecule has 0 spiro atoms. The molecule has 2 aliphatic rings. The van der Waals surface area contributed by atoms with Crippen LogP contribution in [-0.2, 0) is 25.7 Å². The number of nitrogens with zero attached hydrogens (tertiary/aromatic N) is 3. The number of aromatic nitrogens is 1. The number of benzene rings is 2. The summed E-state index contributed by atoms with van der Waals surface area (Å²) >= 11 is 5.95. The average molecular weight is 579 g/mol. The van der Waals surface area contributed by atoms with Gasteiger partial charge in [0, 0.05) is 29.2 Å². The van der Waals surface area contributed by atoms with Gasteiger partial charge in [0.2, 0.25) is 11.8 Å². The monoisotopic (exact) mass is 578 g/mol. The van der Waals surface area contributed by atoms with Crippen LogP contribution in [0.2, 0.25) is 5.02 Å². The van der Waals surface area contributed by atoms with Crippen molar-refractivity contribution in [2.45, 2.75) is 39.3 Å². The van der Waals surface area contributed by atoms with Crippen molar-refractivity contribution in [3.05, 3.63) is 70.6 Å². The fraction of sp³-hybridized carbons (Fsp3) is 0.310. The van der Waals surface area contributed by atoms with Crippen LogP contribution in [-0.4, -0.2) is 64.1 Å². The van der Waals surface area contributed by atoms with Crippen molar-refractivity contribution in [2.24, 2.45) is 5.41 Å². The van der Waals surface area contributed by atoms with Crippen molar-refractivity contribution in [2.75, 3.05) is 19.0 Å². The van der Waals surface area contributed by atoms with Crippen LogP contribution in [0, 0.1) is 5.41 Å². The Hall–Kier alpha value is -4.51. The number of piperidine rings is 1. The van der Waals surface area contributed by atoms with E-state index in [1.54, 1.807) is 56.4 Å². The minimum Gasteiger partial charge on any atom is -0.469 e. The molecule has 4 amide bonds. The first-order chi connectivity index (χ1) is 19.5. The van der Waals surface area contributed by atoms with Gasteiger partial charge in [-0.1, -0.05) is 17.7 Å². The number of hydrogen-bond donors (Lipinski definition) is 1. The fourth-order valence-electron chi connectivity index (χ4n) is 4.99. The van der Waals surface area contributed by atoms with E-state index in [2.05, 4.69) is 10.3 Å². The highest BCUT2D eigenvalue weighted by Gasteiger charge is 2.49. The number of halogens is 1. The number of esters is 1. The molecule has 2 aromatic carbocycles. The molecule has 41 heavy (non-hydrogen) atoms. The molecular weight excluding hydrogens is 552 g/mol. The molecule has 0 saturated carbocycles. The summed E-state index contributed by atoms with van der Waals surface area (Å²) in [5, 5.41) is 3.72. The van der Waals surface area contributed by atoms with Gasteiger partial charge in [-0.25, -0.2) is 4.98 Å². The predicted octanol–water partition coefficient (Wildman–Crippen LogP) is 3.92. The lowest BCUT2D eigenvalue weighted by atomic mass is 9.91. The molecule has 12 heteroatoms. The molecule has 3 aromatic rings. The van der Waals surface area contributed by atoms with E-state index in [0.717, 1.165) is 15.4 Å². The highest BCUT2D eigenvalue weighted by Crippen LogP contribution is 2.34. The van der Waals surface area contributed by atoms with Gasteiger partial charge in [-0.15, -0.1) is 0 Å². The molecule has 1 atom stereocenters. The molecule has 1 fully saturated rings. The second-order valence-electron chi connectivity index (χ2n) is 10.4. The Kier molecular flexibility index (Phi) is 7.39. The van der Waals surface area contributed by atoms with Gasteiger partial charge in [-0.3, -0.25) is 33.8 Å². The van der Waals surface area contributed by atoms with Crippen molar-refractivity contribution in [3.63, 3.8) is 0 Å². The van der Waals surface area contributed by atoms with E-state index >= 15 is 0 Å². The lowest BCUT2D eigenvalue weighted by Crippen LogP contribution is -2.58. The Bertz CT molecular complexity index is 1560. The first-order valence-electron chi connectivity index (χ1n) is 12.9. The quantitative estimate of drug-likeness (QED) is 0.311. The van der Waals surface area contributed by atoms with Crippen molar-refractivity contribution < 1.29 is 33.1 Å². The number of hydrogen-bond acceptors (Lipinski definition) is 9. The molecule has 2 aliphatic heterocycles. The number of methoxy groups -OCH3 is 1. The van der Waals surface area contributed by atoms with Crippen LogP contribution in [0.3, 0.4) is 0 Å². The Balaban J connectivity index is 1.34. The molecule has 1 aromatic heterocycles. The lowest BCUT2D eigenvalue weighted by molar-refractivity contribution is -0.159. The first kappa shape index (κ1) is 28.0. The Labute approximate surface area is 240 Å². The third kappa shape index (κ3) is 5.20. The summed E-state index contributed by atoms with van der Waals surface area (Å²) < 4.78 is 10.6. The Morgan fingerprint density at radius 2 is 1.85 bits per heavy atom. The topological polar surface area (TPSA) is 139 Å². The molecule has 0 aliphatic carbocycles. The van der Waals surface area contributed by atoms with E-state index in [4.69, 9.17) is 20.8 Å². The molecule has 1 unspecified atom stereocenters. The van der Waals surface area contributed by atoms with Crippen LogP contribution in [0.1, 0.15) is 53.2 Å². The van der Waals surface area contributed by atoms with E-state index in [9.17, 15) is 24.0 Å². The number of carbonyl (C=O) groups is 5. The number of oxazole rings is 1. The van der Waals surface area contributed by atoms with Gasteiger partial charge in [0.1, 0.15) is 11.8 Å². The van der Waals surface area contributed by atoms with Gasteiger partial charge in [0.15, 0.2) is 0 Å². The number of carbonyl (C=O) groups excluding carboxylic acids is 5. The molecule has 5 rings (SSSR count). The zero-order chi connectivity index (χ0) is 29.5. The van der Waals surface area contributed by atoms with E-state index in [1.807, 2.05) is 0 Å². The fourth-order valence-corrected chi connectivity index (χ4v) is 5.12. The lowest BCUT2D eigenvalue weighted by Gasteiger charge is -2.37. The third-order valence-electron chi connectivity index (χ3n) is 7.13. The second kappa shape index (κ2) is 10.8. The molecule has 212 valence electrons. The number of ether oxygens (including phenoxy) is 1. The Morgan fingerprint density at radius 1 is 1.12 bits per heavy atom. The van der Waals surface area contributed by atoms with E-state index in [-0.39, 0.29) is 37.1 Å². The summed E-state index contributed by atoms with van der Waals surface area (Å²) in [6.07, 6.45) is 1.49. The van der Waals surface area contributed by atoms with Crippen LogP contribution < -0.4 is 5.32 Å². The van der Waals surface area contributed by atoms with E-state index in [1.165, 1.54) is 13.2 Å². The molecule has 3 heterocycles. The zero-order valence-electron chi connectivity index (χ0n) is 22.6.